The topological polar surface area (TPSA) is 78.2 Å². The maximum atomic E-state index is 11.1. The number of aliphatic hydroxyl groups is 1. The van der Waals surface area contributed by atoms with Crippen LogP contribution in [0.25, 0.3) is 0 Å². The fraction of sp³-hybridized carbons (Fsp3) is 0.333. The normalized spacial score (nSPS) is 12.3. The molecule has 7 heteroatoms. The maximum Gasteiger partial charge on any atom is 0.169 e. The lowest BCUT2D eigenvalue weighted by Gasteiger charge is -2.15. The molecule has 2 aromatic rings. The van der Waals surface area contributed by atoms with Crippen LogP contribution >= 0.6 is 23.4 Å². The number of hydrogen-bond donors (Lipinski definition) is 1. The van der Waals surface area contributed by atoms with Crippen molar-refractivity contribution < 1.29 is 15.0 Å². The Hall–Kier alpha value is -1.50. The number of nitrogens with zero attached hydrogens (tertiary/aromatic N) is 2. The van der Waals surface area contributed by atoms with Crippen LogP contribution < -0.4 is 5.11 Å². The number of benzene rings is 1. The highest BCUT2D eigenvalue weighted by atomic mass is 35.5. The van der Waals surface area contributed by atoms with E-state index < -0.39 is 11.2 Å². The van der Waals surface area contributed by atoms with E-state index in [0.29, 0.717) is 28.8 Å². The van der Waals surface area contributed by atoms with Gasteiger partial charge in [0.15, 0.2) is 5.16 Å². The molecule has 1 aromatic heterocycles. The van der Waals surface area contributed by atoms with Gasteiger partial charge in [-0.3, -0.25) is 0 Å². The summed E-state index contributed by atoms with van der Waals surface area (Å²) in [6, 6.07) is 7.38. The molecule has 0 aliphatic rings. The molecule has 22 heavy (non-hydrogen) atoms. The van der Waals surface area contributed by atoms with Crippen molar-refractivity contribution in [1.29, 1.82) is 0 Å². The van der Waals surface area contributed by atoms with Gasteiger partial charge in [0.05, 0.1) is 23.5 Å². The molecular formula is C15H16ClN2O3S-. The molecule has 0 saturated heterocycles. The Morgan fingerprint density at radius 1 is 1.45 bits per heavy atom. The second-order valence-electron chi connectivity index (χ2n) is 4.76. The van der Waals surface area contributed by atoms with Gasteiger partial charge >= 0.3 is 0 Å². The Labute approximate surface area is 137 Å². The van der Waals surface area contributed by atoms with Crippen LogP contribution in [-0.4, -0.2) is 25.9 Å². The average molecular weight is 340 g/mol. The highest BCUT2D eigenvalue weighted by Crippen LogP contribution is 2.26. The second kappa shape index (κ2) is 7.67. The van der Waals surface area contributed by atoms with E-state index in [9.17, 15) is 15.0 Å². The van der Waals surface area contributed by atoms with E-state index in [-0.39, 0.29) is 6.61 Å². The first-order chi connectivity index (χ1) is 10.5. The predicted molar refractivity (Wildman–Crippen MR) is 83.6 cm³/mol. The van der Waals surface area contributed by atoms with Crippen molar-refractivity contribution in [2.75, 3.05) is 0 Å². The molecule has 0 saturated carbocycles. The van der Waals surface area contributed by atoms with Gasteiger partial charge in [0.1, 0.15) is 0 Å². The Bertz CT molecular complexity index is 643. The monoisotopic (exact) mass is 339 g/mol. The standard InChI is InChI=1S/C15H17ClN2O3S/c1-2-13(14(20)21)22-15-17-12(9-19)8-18(15)7-10-3-5-11(16)6-4-10/h3-6,8,13,19H,2,7,9H2,1H3,(H,20,21)/p-1/t13-/m0/s1. The van der Waals surface area contributed by atoms with Crippen molar-refractivity contribution in [3.63, 3.8) is 0 Å². The highest BCUT2D eigenvalue weighted by Gasteiger charge is 2.15. The molecular weight excluding hydrogens is 324 g/mol. The summed E-state index contributed by atoms with van der Waals surface area (Å²) >= 11 is 7.00. The number of carbonyl (C=O) groups excluding carboxylic acids is 1. The van der Waals surface area contributed by atoms with Crippen molar-refractivity contribution in [1.82, 2.24) is 9.55 Å². The number of aromatic nitrogens is 2. The molecule has 1 N–H and O–H groups in total. The molecule has 1 atom stereocenters. The van der Waals surface area contributed by atoms with Crippen molar-refractivity contribution in [3.8, 4) is 0 Å². The van der Waals surface area contributed by atoms with Crippen LogP contribution in [0.2, 0.25) is 5.02 Å². The molecule has 0 bridgehead atoms. The lowest BCUT2D eigenvalue weighted by atomic mass is 10.2. The van der Waals surface area contributed by atoms with Crippen LogP contribution in [0, 0.1) is 0 Å². The van der Waals surface area contributed by atoms with Crippen LogP contribution in [0.5, 0.6) is 0 Å². The van der Waals surface area contributed by atoms with Crippen LogP contribution in [-0.2, 0) is 17.9 Å². The zero-order valence-corrected chi connectivity index (χ0v) is 13.6. The summed E-state index contributed by atoms with van der Waals surface area (Å²) in [4.78, 5) is 15.4. The molecule has 1 heterocycles. The van der Waals surface area contributed by atoms with Crippen LogP contribution in [0.3, 0.4) is 0 Å². The molecule has 0 unspecified atom stereocenters. The molecule has 0 spiro atoms. The molecule has 5 nitrogen and oxygen atoms in total. The van der Waals surface area contributed by atoms with E-state index in [1.807, 2.05) is 16.7 Å². The number of aliphatic carboxylic acids is 1. The van der Waals surface area contributed by atoms with E-state index in [1.165, 1.54) is 0 Å². The van der Waals surface area contributed by atoms with Gasteiger partial charge in [0.2, 0.25) is 0 Å². The Morgan fingerprint density at radius 3 is 2.68 bits per heavy atom. The summed E-state index contributed by atoms with van der Waals surface area (Å²) in [5.74, 6) is -1.11. The molecule has 0 aliphatic carbocycles. The first kappa shape index (κ1) is 16.9. The summed E-state index contributed by atoms with van der Waals surface area (Å²) in [7, 11) is 0. The lowest BCUT2D eigenvalue weighted by molar-refractivity contribution is -0.304. The lowest BCUT2D eigenvalue weighted by Crippen LogP contribution is -2.33. The van der Waals surface area contributed by atoms with Gasteiger partial charge in [-0.1, -0.05) is 42.4 Å². The zero-order chi connectivity index (χ0) is 16.1. The summed E-state index contributed by atoms with van der Waals surface area (Å²) in [5.41, 5.74) is 1.51. The smallest absolute Gasteiger partial charge is 0.169 e. The quantitative estimate of drug-likeness (QED) is 0.777. The number of hydrogen-bond acceptors (Lipinski definition) is 5. The van der Waals surface area contributed by atoms with Gasteiger partial charge in [0, 0.05) is 17.8 Å². The third-order valence-electron chi connectivity index (χ3n) is 3.10. The van der Waals surface area contributed by atoms with E-state index in [2.05, 4.69) is 4.98 Å². The number of rotatable bonds is 7. The summed E-state index contributed by atoms with van der Waals surface area (Å²) in [6.07, 6.45) is 2.16. The molecule has 118 valence electrons. The molecule has 0 amide bonds. The van der Waals surface area contributed by atoms with Crippen LogP contribution in [0.4, 0.5) is 0 Å². The zero-order valence-electron chi connectivity index (χ0n) is 12.0. The Kier molecular flexibility index (Phi) is 5.88. The van der Waals surface area contributed by atoms with E-state index >= 15 is 0 Å². The molecule has 0 aliphatic heterocycles. The van der Waals surface area contributed by atoms with E-state index in [1.54, 1.807) is 25.3 Å². The number of aliphatic hydroxyl groups excluding tert-OH is 1. The fourth-order valence-corrected chi connectivity index (χ4v) is 3.01. The molecule has 2 rings (SSSR count). The number of carboxylic acid groups (broad SMARTS) is 1. The fourth-order valence-electron chi connectivity index (χ4n) is 1.95. The minimum Gasteiger partial charge on any atom is -0.549 e. The number of halogens is 1. The molecule has 1 aromatic carbocycles. The molecule has 0 radical (unpaired) electrons. The van der Waals surface area contributed by atoms with Crippen molar-refractivity contribution in [2.24, 2.45) is 0 Å². The van der Waals surface area contributed by atoms with Gasteiger partial charge in [-0.15, -0.1) is 0 Å². The summed E-state index contributed by atoms with van der Waals surface area (Å²) in [6.45, 7) is 2.12. The number of imidazole rings is 1. The van der Waals surface area contributed by atoms with Gasteiger partial charge in [-0.2, -0.15) is 0 Å². The number of thioether (sulfide) groups is 1. The first-order valence-corrected chi connectivity index (χ1v) is 8.08. The molecule has 0 fully saturated rings. The van der Waals surface area contributed by atoms with E-state index in [4.69, 9.17) is 11.6 Å². The third kappa shape index (κ3) is 4.25. The number of carboxylic acids is 1. The third-order valence-corrected chi connectivity index (χ3v) is 4.70. The predicted octanol–water partition coefficient (Wildman–Crippen LogP) is 1.70. The SMILES string of the molecule is CC[C@H](Sc1nc(CO)cn1Cc1ccc(Cl)cc1)C(=O)[O-]. The summed E-state index contributed by atoms with van der Waals surface area (Å²) in [5, 5.41) is 20.9. The van der Waals surface area contributed by atoms with Gasteiger partial charge in [-0.25, -0.2) is 4.98 Å². The van der Waals surface area contributed by atoms with E-state index in [0.717, 1.165) is 17.3 Å². The van der Waals surface area contributed by atoms with Crippen molar-refractivity contribution in [2.45, 2.75) is 36.9 Å². The number of carbonyl (C=O) groups is 1. The van der Waals surface area contributed by atoms with Crippen LogP contribution in [0.15, 0.2) is 35.6 Å². The minimum atomic E-state index is -1.11. The average Bonchev–Trinajstić information content (AvgIpc) is 2.88. The van der Waals surface area contributed by atoms with Crippen molar-refractivity contribution >= 4 is 29.3 Å². The largest absolute Gasteiger partial charge is 0.549 e. The van der Waals surface area contributed by atoms with Crippen LogP contribution in [0.1, 0.15) is 24.6 Å². The van der Waals surface area contributed by atoms with Crippen molar-refractivity contribution in [3.05, 3.63) is 46.7 Å². The first-order valence-electron chi connectivity index (χ1n) is 6.82. The minimum absolute atomic E-state index is 0.191. The Morgan fingerprint density at radius 2 is 2.14 bits per heavy atom. The Balaban J connectivity index is 2.24. The van der Waals surface area contributed by atoms with Gasteiger partial charge in [-0.05, 0) is 24.1 Å². The summed E-state index contributed by atoms with van der Waals surface area (Å²) < 4.78 is 1.82. The highest BCUT2D eigenvalue weighted by molar-refractivity contribution is 8.00. The van der Waals surface area contributed by atoms with Gasteiger partial charge in [0.25, 0.3) is 0 Å². The maximum absolute atomic E-state index is 11.1. The second-order valence-corrected chi connectivity index (χ2v) is 6.37. The van der Waals surface area contributed by atoms with Gasteiger partial charge < -0.3 is 19.6 Å².